The zero-order valence-corrected chi connectivity index (χ0v) is 17.4. The van der Waals surface area contributed by atoms with Gasteiger partial charge in [0.1, 0.15) is 5.75 Å². The molecule has 0 radical (unpaired) electrons. The number of nitrogens with zero attached hydrogens (tertiary/aromatic N) is 2. The van der Waals surface area contributed by atoms with Crippen molar-refractivity contribution in [1.29, 1.82) is 0 Å². The van der Waals surface area contributed by atoms with Crippen LogP contribution in [0.4, 0.5) is 21.3 Å². The lowest BCUT2D eigenvalue weighted by Crippen LogP contribution is -2.19. The van der Waals surface area contributed by atoms with Gasteiger partial charge in [-0.05, 0) is 43.3 Å². The van der Waals surface area contributed by atoms with E-state index in [0.717, 1.165) is 11.3 Å². The molecule has 0 spiro atoms. The Morgan fingerprint density at radius 2 is 1.62 bits per heavy atom. The molecule has 3 aromatic rings. The Labute approximate surface area is 176 Å². The molecular weight excluding hydrogens is 410 g/mol. The van der Waals surface area contributed by atoms with Crippen molar-refractivity contribution in [2.75, 3.05) is 28.8 Å². The summed E-state index contributed by atoms with van der Waals surface area (Å²) in [6.07, 6.45) is 0. The minimum atomic E-state index is -0.404. The van der Waals surface area contributed by atoms with Gasteiger partial charge in [0.25, 0.3) is 0 Å². The molecule has 3 amide bonds. The van der Waals surface area contributed by atoms with Crippen molar-refractivity contribution >= 4 is 51.5 Å². The van der Waals surface area contributed by atoms with Crippen LogP contribution in [0.3, 0.4) is 0 Å². The predicted molar refractivity (Wildman–Crippen MR) is 116 cm³/mol. The summed E-state index contributed by atoms with van der Waals surface area (Å²) in [6, 6.07) is 14.1. The van der Waals surface area contributed by atoms with E-state index in [-0.39, 0.29) is 11.7 Å². The molecule has 3 N–H and O–H groups in total. The van der Waals surface area contributed by atoms with Crippen molar-refractivity contribution in [3.8, 4) is 5.75 Å². The third-order valence-electron chi connectivity index (χ3n) is 3.64. The molecule has 0 saturated carbocycles. The number of rotatable bonds is 7. The van der Waals surface area contributed by atoms with Gasteiger partial charge in [0.15, 0.2) is 4.34 Å². The van der Waals surface area contributed by atoms with Gasteiger partial charge >= 0.3 is 6.03 Å². The molecule has 3 rings (SSSR count). The van der Waals surface area contributed by atoms with E-state index in [2.05, 4.69) is 26.1 Å². The number of carbonyl (C=O) groups is 2. The van der Waals surface area contributed by atoms with Crippen molar-refractivity contribution in [3.63, 3.8) is 0 Å². The van der Waals surface area contributed by atoms with Crippen molar-refractivity contribution in [3.05, 3.63) is 54.1 Å². The van der Waals surface area contributed by atoms with Gasteiger partial charge < -0.3 is 15.4 Å². The summed E-state index contributed by atoms with van der Waals surface area (Å²) in [5.74, 6) is 0.732. The number of urea groups is 1. The molecule has 150 valence electrons. The molecule has 29 heavy (non-hydrogen) atoms. The molecule has 0 aliphatic heterocycles. The van der Waals surface area contributed by atoms with E-state index < -0.39 is 6.03 Å². The molecule has 0 saturated heterocycles. The Morgan fingerprint density at radius 3 is 2.31 bits per heavy atom. The number of methoxy groups -OCH3 is 1. The standard InChI is InChI=1S/C19H19N5O3S2/c1-12-3-5-14(6-4-12)21-17(26)22-18-23-24-19(29-18)28-11-16(25)20-13-7-9-15(27-2)10-8-13/h3-10H,11H2,1-2H3,(H,20,25)(H2,21,22,23,26). The number of hydrogen-bond donors (Lipinski definition) is 3. The molecule has 0 atom stereocenters. The number of aryl methyl sites for hydroxylation is 1. The van der Waals surface area contributed by atoms with Gasteiger partial charge in [-0.3, -0.25) is 10.1 Å². The normalized spacial score (nSPS) is 10.3. The number of benzene rings is 2. The number of carbonyl (C=O) groups excluding carboxylic acids is 2. The fourth-order valence-corrected chi connectivity index (χ4v) is 3.76. The maximum absolute atomic E-state index is 12.1. The van der Waals surface area contributed by atoms with E-state index in [1.807, 2.05) is 31.2 Å². The van der Waals surface area contributed by atoms with Crippen molar-refractivity contribution in [2.45, 2.75) is 11.3 Å². The van der Waals surface area contributed by atoms with Crippen molar-refractivity contribution < 1.29 is 14.3 Å². The molecular formula is C19H19N5O3S2. The molecule has 0 unspecified atom stereocenters. The smallest absolute Gasteiger partial charge is 0.325 e. The van der Waals surface area contributed by atoms with E-state index in [0.29, 0.717) is 20.8 Å². The number of ether oxygens (including phenoxy) is 1. The van der Waals surface area contributed by atoms with Gasteiger partial charge in [0, 0.05) is 11.4 Å². The lowest BCUT2D eigenvalue weighted by atomic mass is 10.2. The summed E-state index contributed by atoms with van der Waals surface area (Å²) >= 11 is 2.45. The fraction of sp³-hybridized carbons (Fsp3) is 0.158. The summed E-state index contributed by atoms with van der Waals surface area (Å²) in [7, 11) is 1.58. The molecule has 1 heterocycles. The van der Waals surface area contributed by atoms with Crippen LogP contribution in [0.1, 0.15) is 5.56 Å². The Morgan fingerprint density at radius 1 is 0.966 bits per heavy atom. The minimum Gasteiger partial charge on any atom is -0.497 e. The second-order valence-electron chi connectivity index (χ2n) is 5.88. The number of nitrogens with one attached hydrogen (secondary N) is 3. The first-order valence-electron chi connectivity index (χ1n) is 8.57. The first kappa shape index (κ1) is 20.6. The third-order valence-corrected chi connectivity index (χ3v) is 5.61. The topological polar surface area (TPSA) is 105 Å². The maximum atomic E-state index is 12.1. The van der Waals surface area contributed by atoms with E-state index in [9.17, 15) is 9.59 Å². The minimum absolute atomic E-state index is 0.165. The van der Waals surface area contributed by atoms with Crippen LogP contribution < -0.4 is 20.7 Å². The number of anilines is 3. The van der Waals surface area contributed by atoms with Crippen LogP contribution in [-0.4, -0.2) is 35.0 Å². The summed E-state index contributed by atoms with van der Waals surface area (Å²) in [4.78, 5) is 24.1. The summed E-state index contributed by atoms with van der Waals surface area (Å²) in [5.41, 5.74) is 2.48. The van der Waals surface area contributed by atoms with Gasteiger partial charge in [-0.1, -0.05) is 40.8 Å². The lowest BCUT2D eigenvalue weighted by molar-refractivity contribution is -0.113. The first-order valence-corrected chi connectivity index (χ1v) is 10.4. The van der Waals surface area contributed by atoms with Crippen LogP contribution >= 0.6 is 23.1 Å². The van der Waals surface area contributed by atoms with E-state index in [1.165, 1.54) is 23.1 Å². The highest BCUT2D eigenvalue weighted by Crippen LogP contribution is 2.26. The van der Waals surface area contributed by atoms with Crippen LogP contribution in [0, 0.1) is 6.92 Å². The number of hydrogen-bond acceptors (Lipinski definition) is 7. The average molecular weight is 430 g/mol. The summed E-state index contributed by atoms with van der Waals surface area (Å²) in [5, 5.41) is 16.4. The van der Waals surface area contributed by atoms with Gasteiger partial charge in [0.05, 0.1) is 12.9 Å². The SMILES string of the molecule is COc1ccc(NC(=O)CSc2nnc(NC(=O)Nc3ccc(C)cc3)s2)cc1. The van der Waals surface area contributed by atoms with Crippen LogP contribution in [0.25, 0.3) is 0 Å². The van der Waals surface area contributed by atoms with Crippen molar-refractivity contribution in [1.82, 2.24) is 10.2 Å². The van der Waals surface area contributed by atoms with Gasteiger partial charge in [0.2, 0.25) is 11.0 Å². The Bertz CT molecular complexity index is 974. The number of amides is 3. The highest BCUT2D eigenvalue weighted by Gasteiger charge is 2.11. The van der Waals surface area contributed by atoms with Crippen LogP contribution in [0.15, 0.2) is 52.9 Å². The molecule has 0 aliphatic rings. The van der Waals surface area contributed by atoms with Gasteiger partial charge in [-0.2, -0.15) is 0 Å². The lowest BCUT2D eigenvalue weighted by Gasteiger charge is -2.05. The average Bonchev–Trinajstić information content (AvgIpc) is 3.16. The quantitative estimate of drug-likeness (QED) is 0.383. The van der Waals surface area contributed by atoms with E-state index in [1.54, 1.807) is 31.4 Å². The summed E-state index contributed by atoms with van der Waals surface area (Å²) in [6.45, 7) is 1.97. The zero-order valence-electron chi connectivity index (χ0n) is 15.8. The van der Waals surface area contributed by atoms with Gasteiger partial charge in [-0.15, -0.1) is 10.2 Å². The first-order chi connectivity index (χ1) is 14.0. The molecule has 0 bridgehead atoms. The fourth-order valence-electron chi connectivity index (χ4n) is 2.21. The molecule has 2 aromatic carbocycles. The highest BCUT2D eigenvalue weighted by atomic mass is 32.2. The van der Waals surface area contributed by atoms with Crippen LogP contribution in [0.5, 0.6) is 5.75 Å². The van der Waals surface area contributed by atoms with Crippen LogP contribution in [0.2, 0.25) is 0 Å². The Balaban J connectivity index is 1.44. The Hall–Kier alpha value is -3.11. The predicted octanol–water partition coefficient (Wildman–Crippen LogP) is 4.23. The third kappa shape index (κ3) is 6.47. The van der Waals surface area contributed by atoms with Crippen LogP contribution in [-0.2, 0) is 4.79 Å². The molecule has 8 nitrogen and oxygen atoms in total. The number of aromatic nitrogens is 2. The van der Waals surface area contributed by atoms with Gasteiger partial charge in [-0.25, -0.2) is 4.79 Å². The second kappa shape index (κ2) is 9.89. The largest absolute Gasteiger partial charge is 0.497 e. The zero-order chi connectivity index (χ0) is 20.6. The molecule has 0 fully saturated rings. The summed E-state index contributed by atoms with van der Waals surface area (Å²) < 4.78 is 5.67. The maximum Gasteiger partial charge on any atom is 0.325 e. The number of thioether (sulfide) groups is 1. The van der Waals surface area contributed by atoms with E-state index >= 15 is 0 Å². The van der Waals surface area contributed by atoms with E-state index in [4.69, 9.17) is 4.74 Å². The molecule has 1 aromatic heterocycles. The monoisotopic (exact) mass is 429 g/mol. The van der Waals surface area contributed by atoms with Crippen molar-refractivity contribution in [2.24, 2.45) is 0 Å². The molecule has 10 heteroatoms. The Kier molecular flexibility index (Phi) is 7.04. The second-order valence-corrected chi connectivity index (χ2v) is 8.08. The highest BCUT2D eigenvalue weighted by molar-refractivity contribution is 8.01. The molecule has 0 aliphatic carbocycles.